The summed E-state index contributed by atoms with van der Waals surface area (Å²) in [5, 5.41) is 5.28. The smallest absolute Gasteiger partial charge is 0.387 e. The van der Waals surface area contributed by atoms with Gasteiger partial charge in [-0.1, -0.05) is 31.2 Å². The van der Waals surface area contributed by atoms with Crippen LogP contribution in [0.15, 0.2) is 48.5 Å². The fourth-order valence-electron chi connectivity index (χ4n) is 2.74. The molecule has 0 spiro atoms. The number of nitrogens with zero attached hydrogens (tertiary/aromatic N) is 1. The van der Waals surface area contributed by atoms with Crippen molar-refractivity contribution < 1.29 is 27.5 Å². The third kappa shape index (κ3) is 7.07. The van der Waals surface area contributed by atoms with Gasteiger partial charge < -0.3 is 15.4 Å². The second-order valence-electron chi connectivity index (χ2n) is 6.51. The number of nitrogens with one attached hydrogen (secondary N) is 2. The van der Waals surface area contributed by atoms with Crippen LogP contribution in [0.2, 0.25) is 0 Å². The summed E-state index contributed by atoms with van der Waals surface area (Å²) in [6.07, 6.45) is 0. The number of carbonyl (C=O) groups is 2. The second-order valence-corrected chi connectivity index (χ2v) is 6.51. The molecule has 1 atom stereocenters. The third-order valence-electron chi connectivity index (χ3n) is 4.44. The number of rotatable bonds is 10. The maximum Gasteiger partial charge on any atom is 0.387 e. The molecular weight excluding hydrogens is 399 g/mol. The number of benzene rings is 2. The van der Waals surface area contributed by atoms with Crippen molar-refractivity contribution in [3.8, 4) is 5.75 Å². The lowest BCUT2D eigenvalue weighted by Gasteiger charge is -2.26. The highest BCUT2D eigenvalue weighted by atomic mass is 19.3. The van der Waals surface area contributed by atoms with E-state index in [1.807, 2.05) is 0 Å². The Morgan fingerprint density at radius 2 is 1.77 bits per heavy atom. The van der Waals surface area contributed by atoms with Crippen molar-refractivity contribution in [3.63, 3.8) is 0 Å². The molecule has 0 aliphatic carbocycles. The molecule has 30 heavy (non-hydrogen) atoms. The minimum absolute atomic E-state index is 0.0402. The Bertz CT molecular complexity index is 847. The molecular formula is C21H24F3N3O3. The van der Waals surface area contributed by atoms with E-state index in [1.54, 1.807) is 36.9 Å². The average molecular weight is 423 g/mol. The molecule has 9 heteroatoms. The molecule has 2 amide bonds. The second kappa shape index (κ2) is 11.2. The van der Waals surface area contributed by atoms with Gasteiger partial charge in [-0.3, -0.25) is 14.5 Å². The van der Waals surface area contributed by atoms with Crippen LogP contribution >= 0.6 is 0 Å². The molecule has 0 radical (unpaired) electrons. The number of likely N-dealkylation sites (N-methyl/N-ethyl adjacent to an activating group) is 1. The largest absolute Gasteiger partial charge is 0.433 e. The van der Waals surface area contributed by atoms with E-state index in [0.717, 1.165) is 5.56 Å². The minimum Gasteiger partial charge on any atom is -0.433 e. The van der Waals surface area contributed by atoms with Crippen LogP contribution in [-0.2, 0) is 16.1 Å². The molecule has 2 aromatic rings. The Hall–Kier alpha value is -3.07. The normalized spacial score (nSPS) is 12.0. The summed E-state index contributed by atoms with van der Waals surface area (Å²) in [4.78, 5) is 26.5. The van der Waals surface area contributed by atoms with Crippen molar-refractivity contribution in [2.24, 2.45) is 0 Å². The zero-order chi connectivity index (χ0) is 22.1. The summed E-state index contributed by atoms with van der Waals surface area (Å²) >= 11 is 0. The van der Waals surface area contributed by atoms with Gasteiger partial charge in [0.25, 0.3) is 0 Å². The molecule has 0 bridgehead atoms. The number of anilines is 1. The lowest BCUT2D eigenvalue weighted by atomic mass is 10.2. The monoisotopic (exact) mass is 423 g/mol. The van der Waals surface area contributed by atoms with Gasteiger partial charge in [-0.25, -0.2) is 4.39 Å². The number of carbonyl (C=O) groups excluding carboxylic acids is 2. The number of alkyl halides is 2. The number of ether oxygens (including phenoxy) is 1. The van der Waals surface area contributed by atoms with Gasteiger partial charge in [0.05, 0.1) is 18.3 Å². The first-order valence-corrected chi connectivity index (χ1v) is 9.40. The first-order chi connectivity index (χ1) is 14.3. The molecule has 0 saturated heterocycles. The van der Waals surface area contributed by atoms with E-state index in [0.29, 0.717) is 6.54 Å². The molecule has 0 heterocycles. The zero-order valence-electron chi connectivity index (χ0n) is 16.7. The first-order valence-electron chi connectivity index (χ1n) is 9.40. The van der Waals surface area contributed by atoms with E-state index in [-0.39, 0.29) is 36.3 Å². The molecule has 0 fully saturated rings. The summed E-state index contributed by atoms with van der Waals surface area (Å²) in [7, 11) is 0. The fourth-order valence-corrected chi connectivity index (χ4v) is 2.74. The SMILES string of the molecule is CCN(CC(=O)NCc1ccc(F)cc1)C(C)C(=O)Nc1ccccc1OC(F)F. The number of para-hydroxylation sites is 2. The van der Waals surface area contributed by atoms with Crippen LogP contribution in [0.4, 0.5) is 18.9 Å². The molecule has 0 aromatic heterocycles. The summed E-state index contributed by atoms with van der Waals surface area (Å²) in [6.45, 7) is 0.996. The van der Waals surface area contributed by atoms with Crippen LogP contribution in [0.25, 0.3) is 0 Å². The topological polar surface area (TPSA) is 70.7 Å². The van der Waals surface area contributed by atoms with Gasteiger partial charge >= 0.3 is 6.61 Å². The number of halogens is 3. The van der Waals surface area contributed by atoms with Crippen LogP contribution in [-0.4, -0.2) is 42.5 Å². The number of hydrogen-bond donors (Lipinski definition) is 2. The average Bonchev–Trinajstić information content (AvgIpc) is 2.72. The molecule has 6 nitrogen and oxygen atoms in total. The quantitative estimate of drug-likeness (QED) is 0.615. The van der Waals surface area contributed by atoms with Gasteiger partial charge in [0, 0.05) is 6.54 Å². The van der Waals surface area contributed by atoms with Crippen molar-refractivity contribution in [2.45, 2.75) is 33.0 Å². The fraction of sp³-hybridized carbons (Fsp3) is 0.333. The van der Waals surface area contributed by atoms with E-state index < -0.39 is 18.6 Å². The Kier molecular flexibility index (Phi) is 8.67. The Morgan fingerprint density at radius 3 is 2.40 bits per heavy atom. The van der Waals surface area contributed by atoms with Gasteiger partial charge in [-0.05, 0) is 43.3 Å². The molecule has 0 aliphatic rings. The van der Waals surface area contributed by atoms with Gasteiger partial charge in [0.15, 0.2) is 0 Å². The van der Waals surface area contributed by atoms with E-state index in [4.69, 9.17) is 0 Å². The molecule has 2 N–H and O–H groups in total. The maximum atomic E-state index is 12.9. The van der Waals surface area contributed by atoms with E-state index in [1.165, 1.54) is 30.3 Å². The summed E-state index contributed by atoms with van der Waals surface area (Å²) in [5.74, 6) is -1.27. The minimum atomic E-state index is -3.02. The van der Waals surface area contributed by atoms with Crippen molar-refractivity contribution in [3.05, 3.63) is 59.9 Å². The van der Waals surface area contributed by atoms with Crippen molar-refractivity contribution in [1.82, 2.24) is 10.2 Å². The number of hydrogen-bond acceptors (Lipinski definition) is 4. The highest BCUT2D eigenvalue weighted by molar-refractivity contribution is 5.96. The van der Waals surface area contributed by atoms with Crippen LogP contribution in [0.3, 0.4) is 0 Å². The first kappa shape index (κ1) is 23.2. The van der Waals surface area contributed by atoms with E-state index in [9.17, 15) is 22.8 Å². The summed E-state index contributed by atoms with van der Waals surface area (Å²) < 4.78 is 42.4. The molecule has 0 saturated carbocycles. The Balaban J connectivity index is 1.93. The highest BCUT2D eigenvalue weighted by Gasteiger charge is 2.23. The van der Waals surface area contributed by atoms with Gasteiger partial charge in [-0.2, -0.15) is 8.78 Å². The standard InChI is InChI=1S/C21H24F3N3O3/c1-3-27(13-19(28)25-12-15-8-10-16(22)11-9-15)14(2)20(29)26-17-6-4-5-7-18(17)30-21(23)24/h4-11,14,21H,3,12-13H2,1-2H3,(H,25,28)(H,26,29). The van der Waals surface area contributed by atoms with Crippen molar-refractivity contribution in [2.75, 3.05) is 18.4 Å². The zero-order valence-corrected chi connectivity index (χ0v) is 16.7. The Morgan fingerprint density at radius 1 is 1.10 bits per heavy atom. The van der Waals surface area contributed by atoms with E-state index >= 15 is 0 Å². The van der Waals surface area contributed by atoms with Crippen LogP contribution < -0.4 is 15.4 Å². The molecule has 0 aliphatic heterocycles. The van der Waals surface area contributed by atoms with Gasteiger partial charge in [0.2, 0.25) is 11.8 Å². The highest BCUT2D eigenvalue weighted by Crippen LogP contribution is 2.25. The Labute approximate surface area is 173 Å². The van der Waals surface area contributed by atoms with Crippen molar-refractivity contribution in [1.29, 1.82) is 0 Å². The third-order valence-corrected chi connectivity index (χ3v) is 4.44. The van der Waals surface area contributed by atoms with Crippen molar-refractivity contribution >= 4 is 17.5 Å². The summed E-state index contributed by atoms with van der Waals surface area (Å²) in [5.41, 5.74) is 0.862. The molecule has 162 valence electrons. The molecule has 2 rings (SSSR count). The van der Waals surface area contributed by atoms with Crippen LogP contribution in [0.1, 0.15) is 19.4 Å². The molecule has 2 aromatic carbocycles. The van der Waals surface area contributed by atoms with Gasteiger partial charge in [0.1, 0.15) is 11.6 Å². The summed E-state index contributed by atoms with van der Waals surface area (Å²) in [6, 6.07) is 10.9. The van der Waals surface area contributed by atoms with E-state index in [2.05, 4.69) is 15.4 Å². The number of amides is 2. The predicted molar refractivity (Wildman–Crippen MR) is 107 cm³/mol. The lowest BCUT2D eigenvalue weighted by Crippen LogP contribution is -2.46. The molecule has 1 unspecified atom stereocenters. The lowest BCUT2D eigenvalue weighted by molar-refractivity contribution is -0.125. The van der Waals surface area contributed by atoms with Crippen LogP contribution in [0, 0.1) is 5.82 Å². The predicted octanol–water partition coefficient (Wildman–Crippen LogP) is 3.39. The van der Waals surface area contributed by atoms with Gasteiger partial charge in [-0.15, -0.1) is 0 Å². The maximum absolute atomic E-state index is 12.9. The van der Waals surface area contributed by atoms with Crippen LogP contribution in [0.5, 0.6) is 5.75 Å².